The zero-order valence-electron chi connectivity index (χ0n) is 21.6. The molecular weight excluding hydrogens is 392 g/mol. The second-order valence-electron chi connectivity index (χ2n) is 14.0. The van der Waals surface area contributed by atoms with Crippen molar-refractivity contribution >= 4 is 0 Å². The van der Waals surface area contributed by atoms with Crippen LogP contribution in [0.3, 0.4) is 0 Å². The lowest BCUT2D eigenvalue weighted by Crippen LogP contribution is -2.52. The Balaban J connectivity index is 1.34. The molecule has 0 aromatic heterocycles. The van der Waals surface area contributed by atoms with E-state index in [1.807, 2.05) is 0 Å². The van der Waals surface area contributed by atoms with Crippen molar-refractivity contribution in [1.29, 1.82) is 0 Å². The third-order valence-electron chi connectivity index (χ3n) is 12.5. The largest absolute Gasteiger partial charge is 0.393 e. The fraction of sp³-hybridized carbons (Fsp3) is 0.933. The van der Waals surface area contributed by atoms with Gasteiger partial charge in [-0.25, -0.2) is 0 Å². The maximum atomic E-state index is 11.3. The van der Waals surface area contributed by atoms with Crippen LogP contribution in [0.15, 0.2) is 11.6 Å². The number of fused-ring (bicyclic) bond motifs is 5. The van der Waals surface area contributed by atoms with Crippen LogP contribution in [0.25, 0.3) is 0 Å². The van der Waals surface area contributed by atoms with Gasteiger partial charge >= 0.3 is 0 Å². The summed E-state index contributed by atoms with van der Waals surface area (Å²) in [4.78, 5) is 0. The third kappa shape index (κ3) is 3.48. The van der Waals surface area contributed by atoms with Crippen LogP contribution in [-0.2, 0) is 0 Å². The predicted octanol–water partition coefficient (Wildman–Crippen LogP) is 7.28. The molecule has 0 amide bonds. The van der Waals surface area contributed by atoms with Crippen LogP contribution in [-0.4, -0.2) is 21.9 Å². The Bertz CT molecular complexity index is 752. The molecule has 0 aromatic carbocycles. The van der Waals surface area contributed by atoms with Gasteiger partial charge in [0.25, 0.3) is 0 Å². The van der Waals surface area contributed by atoms with E-state index in [0.29, 0.717) is 28.1 Å². The van der Waals surface area contributed by atoms with Crippen LogP contribution in [0.5, 0.6) is 0 Å². The normalized spacial score (nSPS) is 49.2. The lowest BCUT2D eigenvalue weighted by molar-refractivity contribution is -0.0850. The zero-order valence-corrected chi connectivity index (χ0v) is 21.6. The molecule has 5 aliphatic carbocycles. The average molecular weight is 443 g/mol. The molecule has 32 heavy (non-hydrogen) atoms. The first-order valence-electron chi connectivity index (χ1n) is 14.1. The molecule has 0 radical (unpaired) electrons. The molecule has 0 saturated heterocycles. The van der Waals surface area contributed by atoms with Gasteiger partial charge in [-0.15, -0.1) is 0 Å². The molecule has 0 heterocycles. The standard InChI is InChI=1S/C30H50O2/c1-6-30(32)17-16-28(4)21(18-30)8-9-22-24-11-10-23(29(24,5)15-12-25(22)28)20(2)26(31)19-27(3)13-7-14-27/h8,20,22-26,31-32H,6-7,9-19H2,1-5H3/t20-,22-,23+,24-,25-,26-,28-,29+,30-/m0/s1. The molecule has 0 bridgehead atoms. The van der Waals surface area contributed by atoms with Crippen molar-refractivity contribution in [3.63, 3.8) is 0 Å². The Morgan fingerprint density at radius 2 is 1.75 bits per heavy atom. The first-order chi connectivity index (χ1) is 15.0. The van der Waals surface area contributed by atoms with E-state index in [-0.39, 0.29) is 6.10 Å². The summed E-state index contributed by atoms with van der Waals surface area (Å²) in [7, 11) is 0. The van der Waals surface area contributed by atoms with Gasteiger partial charge in [0.2, 0.25) is 0 Å². The molecule has 2 N–H and O–H groups in total. The molecule has 0 unspecified atom stereocenters. The van der Waals surface area contributed by atoms with E-state index in [0.717, 1.165) is 43.4 Å². The first kappa shape index (κ1) is 23.4. The maximum Gasteiger partial charge on any atom is 0.0682 e. The summed E-state index contributed by atoms with van der Waals surface area (Å²) < 4.78 is 0. The van der Waals surface area contributed by atoms with Crippen molar-refractivity contribution in [1.82, 2.24) is 0 Å². The number of allylic oxidation sites excluding steroid dienone is 1. The van der Waals surface area contributed by atoms with E-state index in [9.17, 15) is 10.2 Å². The number of rotatable bonds is 5. The molecule has 0 aliphatic heterocycles. The Morgan fingerprint density at radius 3 is 2.41 bits per heavy atom. The Kier molecular flexibility index (Phi) is 5.73. The Hall–Kier alpha value is -0.340. The van der Waals surface area contributed by atoms with Gasteiger partial charge in [0, 0.05) is 0 Å². The van der Waals surface area contributed by atoms with Gasteiger partial charge in [-0.05, 0) is 123 Å². The molecule has 0 aromatic rings. The van der Waals surface area contributed by atoms with Gasteiger partial charge in [0.15, 0.2) is 0 Å². The van der Waals surface area contributed by atoms with Crippen molar-refractivity contribution in [2.24, 2.45) is 45.8 Å². The SMILES string of the molecule is CC[C@]1(O)CC[C@@]2(C)C(=CC[C@H]3[C@@H]4CC[C@H]([C@H](C)[C@@H](O)CC5(C)CCC5)[C@@]4(C)CC[C@@H]32)C1. The van der Waals surface area contributed by atoms with Gasteiger partial charge in [0.05, 0.1) is 11.7 Å². The highest BCUT2D eigenvalue weighted by molar-refractivity contribution is 5.27. The van der Waals surface area contributed by atoms with E-state index in [4.69, 9.17) is 0 Å². The molecule has 4 fully saturated rings. The maximum absolute atomic E-state index is 11.3. The summed E-state index contributed by atoms with van der Waals surface area (Å²) in [5.41, 5.74) is 2.26. The number of hydrogen-bond donors (Lipinski definition) is 2. The second-order valence-corrected chi connectivity index (χ2v) is 14.0. The smallest absolute Gasteiger partial charge is 0.0682 e. The molecule has 0 spiro atoms. The number of hydrogen-bond acceptors (Lipinski definition) is 2. The molecular formula is C30H50O2. The second kappa shape index (κ2) is 7.84. The van der Waals surface area contributed by atoms with E-state index in [1.54, 1.807) is 5.57 Å². The summed E-state index contributed by atoms with van der Waals surface area (Å²) in [6.07, 6.45) is 18.0. The van der Waals surface area contributed by atoms with E-state index < -0.39 is 5.60 Å². The summed E-state index contributed by atoms with van der Waals surface area (Å²) in [5, 5.41) is 22.3. The van der Waals surface area contributed by atoms with Gasteiger partial charge < -0.3 is 10.2 Å². The predicted molar refractivity (Wildman–Crippen MR) is 132 cm³/mol. The van der Waals surface area contributed by atoms with Gasteiger partial charge in [-0.3, -0.25) is 0 Å². The van der Waals surface area contributed by atoms with Crippen molar-refractivity contribution in [2.75, 3.05) is 0 Å². The Labute approximate surface area is 197 Å². The van der Waals surface area contributed by atoms with Crippen LogP contribution in [0.4, 0.5) is 0 Å². The molecule has 2 heteroatoms. The molecule has 5 rings (SSSR count). The molecule has 4 saturated carbocycles. The monoisotopic (exact) mass is 442 g/mol. The minimum atomic E-state index is -0.456. The summed E-state index contributed by atoms with van der Waals surface area (Å²) in [5.74, 6) is 3.55. The fourth-order valence-corrected chi connectivity index (χ4v) is 9.86. The van der Waals surface area contributed by atoms with Crippen LogP contribution < -0.4 is 0 Å². The summed E-state index contributed by atoms with van der Waals surface area (Å²) in [6.45, 7) is 12.1. The third-order valence-corrected chi connectivity index (χ3v) is 12.5. The number of aliphatic hydroxyl groups excluding tert-OH is 1. The van der Waals surface area contributed by atoms with Gasteiger partial charge in [0.1, 0.15) is 0 Å². The van der Waals surface area contributed by atoms with Crippen LogP contribution in [0, 0.1) is 45.8 Å². The lowest BCUT2D eigenvalue weighted by atomic mass is 9.46. The lowest BCUT2D eigenvalue weighted by Gasteiger charge is -2.59. The van der Waals surface area contributed by atoms with Crippen LogP contribution >= 0.6 is 0 Å². The van der Waals surface area contributed by atoms with Crippen molar-refractivity contribution in [2.45, 2.75) is 130 Å². The van der Waals surface area contributed by atoms with Crippen molar-refractivity contribution < 1.29 is 10.2 Å². The fourth-order valence-electron chi connectivity index (χ4n) is 9.86. The van der Waals surface area contributed by atoms with Gasteiger partial charge in [-0.1, -0.05) is 52.7 Å². The highest BCUT2D eigenvalue weighted by atomic mass is 16.3. The molecule has 182 valence electrons. The van der Waals surface area contributed by atoms with Crippen LogP contribution in [0.1, 0.15) is 118 Å². The minimum absolute atomic E-state index is 0.126. The van der Waals surface area contributed by atoms with E-state index in [2.05, 4.69) is 40.7 Å². The Morgan fingerprint density at radius 1 is 1.00 bits per heavy atom. The highest BCUT2D eigenvalue weighted by Gasteiger charge is 2.60. The van der Waals surface area contributed by atoms with E-state index in [1.165, 1.54) is 57.8 Å². The average Bonchev–Trinajstić information content (AvgIpc) is 3.09. The van der Waals surface area contributed by atoms with Gasteiger partial charge in [-0.2, -0.15) is 0 Å². The van der Waals surface area contributed by atoms with Crippen molar-refractivity contribution in [3.8, 4) is 0 Å². The quantitative estimate of drug-likeness (QED) is 0.439. The number of aliphatic hydroxyl groups is 2. The van der Waals surface area contributed by atoms with E-state index >= 15 is 0 Å². The summed E-state index contributed by atoms with van der Waals surface area (Å²) in [6, 6.07) is 0. The van der Waals surface area contributed by atoms with Crippen LogP contribution in [0.2, 0.25) is 0 Å². The molecule has 2 nitrogen and oxygen atoms in total. The zero-order chi connectivity index (χ0) is 22.9. The topological polar surface area (TPSA) is 40.5 Å². The highest BCUT2D eigenvalue weighted by Crippen LogP contribution is 2.68. The summed E-state index contributed by atoms with van der Waals surface area (Å²) >= 11 is 0. The molecule has 5 aliphatic rings. The van der Waals surface area contributed by atoms with Crippen molar-refractivity contribution in [3.05, 3.63) is 11.6 Å². The molecule has 9 atom stereocenters. The first-order valence-corrected chi connectivity index (χ1v) is 14.1. The minimum Gasteiger partial charge on any atom is -0.393 e.